The summed E-state index contributed by atoms with van der Waals surface area (Å²) in [5.41, 5.74) is -2.54. The average Bonchev–Trinajstić information content (AvgIpc) is 2.87. The predicted octanol–water partition coefficient (Wildman–Crippen LogP) is 4.06. The first-order valence-electron chi connectivity index (χ1n) is 5.67. The van der Waals surface area contributed by atoms with Gasteiger partial charge in [-0.1, -0.05) is 0 Å². The number of nitrogens with zero attached hydrogens (tertiary/aromatic N) is 1. The molecule has 0 spiro atoms. The fourth-order valence-corrected chi connectivity index (χ4v) is 1.64. The molecule has 0 aliphatic rings. The third-order valence-corrected chi connectivity index (χ3v) is 2.62. The molecule has 0 radical (unpaired) electrons. The Morgan fingerprint density at radius 2 is 1.52 bits per heavy atom. The minimum absolute atomic E-state index is 0.00209. The molecule has 0 unspecified atom stereocenters. The summed E-state index contributed by atoms with van der Waals surface area (Å²) in [5.74, 6) is 0. The van der Waals surface area contributed by atoms with Crippen LogP contribution < -0.4 is 5.32 Å². The van der Waals surface area contributed by atoms with Crippen LogP contribution in [-0.4, -0.2) is 9.97 Å². The van der Waals surface area contributed by atoms with Gasteiger partial charge in [-0.25, -0.2) is 4.98 Å². The lowest BCUT2D eigenvalue weighted by Gasteiger charge is -2.14. The van der Waals surface area contributed by atoms with E-state index in [9.17, 15) is 26.3 Å². The van der Waals surface area contributed by atoms with Crippen molar-refractivity contribution in [1.82, 2.24) is 9.97 Å². The number of halogens is 6. The van der Waals surface area contributed by atoms with Crippen molar-refractivity contribution in [2.24, 2.45) is 0 Å². The number of aromatic nitrogens is 2. The van der Waals surface area contributed by atoms with Crippen LogP contribution in [0.4, 0.5) is 32.0 Å². The molecule has 1 aromatic carbocycles. The van der Waals surface area contributed by atoms with Gasteiger partial charge in [-0.05, 0) is 18.2 Å². The van der Waals surface area contributed by atoms with E-state index in [-0.39, 0.29) is 18.3 Å². The van der Waals surface area contributed by atoms with Crippen LogP contribution in [0.15, 0.2) is 30.7 Å². The monoisotopic (exact) mass is 309 g/mol. The van der Waals surface area contributed by atoms with Crippen molar-refractivity contribution in [2.45, 2.75) is 18.9 Å². The number of hydrogen-bond donors (Lipinski definition) is 2. The van der Waals surface area contributed by atoms with E-state index in [0.717, 1.165) is 0 Å². The smallest absolute Gasteiger partial charge is 0.379 e. The largest absolute Gasteiger partial charge is 0.416 e. The van der Waals surface area contributed by atoms with Gasteiger partial charge in [0.15, 0.2) is 0 Å². The van der Waals surface area contributed by atoms with Gasteiger partial charge in [0.2, 0.25) is 0 Å². The molecule has 9 heteroatoms. The number of alkyl halides is 6. The van der Waals surface area contributed by atoms with Crippen molar-refractivity contribution in [3.8, 4) is 0 Å². The zero-order chi connectivity index (χ0) is 15.7. The maximum Gasteiger partial charge on any atom is 0.416 e. The maximum atomic E-state index is 12.6. The quantitative estimate of drug-likeness (QED) is 0.840. The average molecular weight is 309 g/mol. The molecule has 2 rings (SSSR count). The van der Waals surface area contributed by atoms with Crippen LogP contribution in [0.1, 0.15) is 16.8 Å². The second-order valence-corrected chi connectivity index (χ2v) is 4.21. The summed E-state index contributed by atoms with van der Waals surface area (Å²) in [6.07, 6.45) is -6.89. The van der Waals surface area contributed by atoms with Crippen molar-refractivity contribution in [3.63, 3.8) is 0 Å². The van der Waals surface area contributed by atoms with Crippen molar-refractivity contribution in [1.29, 1.82) is 0 Å². The number of benzene rings is 1. The zero-order valence-electron chi connectivity index (χ0n) is 10.3. The second-order valence-electron chi connectivity index (χ2n) is 4.21. The molecular formula is C12H9F6N3. The highest BCUT2D eigenvalue weighted by Gasteiger charge is 2.36. The fourth-order valence-electron chi connectivity index (χ4n) is 1.64. The van der Waals surface area contributed by atoms with Gasteiger partial charge >= 0.3 is 12.4 Å². The van der Waals surface area contributed by atoms with Gasteiger partial charge in [-0.2, -0.15) is 26.3 Å². The Labute approximate surface area is 115 Å². The molecule has 0 aliphatic heterocycles. The molecule has 1 heterocycles. The Kier molecular flexibility index (Phi) is 3.84. The van der Waals surface area contributed by atoms with E-state index < -0.39 is 23.5 Å². The van der Waals surface area contributed by atoms with Crippen LogP contribution in [0, 0.1) is 0 Å². The zero-order valence-corrected chi connectivity index (χ0v) is 10.3. The van der Waals surface area contributed by atoms with Crippen LogP contribution >= 0.6 is 0 Å². The molecule has 2 aromatic rings. The third kappa shape index (κ3) is 3.89. The minimum atomic E-state index is -4.86. The molecule has 0 amide bonds. The summed E-state index contributed by atoms with van der Waals surface area (Å²) < 4.78 is 75.8. The van der Waals surface area contributed by atoms with E-state index in [1.807, 2.05) is 0 Å². The molecule has 21 heavy (non-hydrogen) atoms. The first-order valence-corrected chi connectivity index (χ1v) is 5.67. The molecule has 1 aromatic heterocycles. The summed E-state index contributed by atoms with van der Waals surface area (Å²) in [6, 6.07) is 1.34. The summed E-state index contributed by atoms with van der Waals surface area (Å²) in [6.45, 7) is 0.00209. The Hall–Kier alpha value is -2.19. The summed E-state index contributed by atoms with van der Waals surface area (Å²) >= 11 is 0. The van der Waals surface area contributed by atoms with E-state index in [0.29, 0.717) is 17.8 Å². The van der Waals surface area contributed by atoms with Crippen molar-refractivity contribution >= 4 is 5.69 Å². The molecule has 2 N–H and O–H groups in total. The summed E-state index contributed by atoms with van der Waals surface area (Å²) in [5, 5.41) is 2.49. The highest BCUT2D eigenvalue weighted by molar-refractivity contribution is 5.50. The lowest BCUT2D eigenvalue weighted by Crippen LogP contribution is -2.12. The summed E-state index contributed by atoms with van der Waals surface area (Å²) in [4.78, 5) is 6.44. The highest BCUT2D eigenvalue weighted by Crippen LogP contribution is 2.37. The van der Waals surface area contributed by atoms with Gasteiger partial charge in [0, 0.05) is 11.9 Å². The van der Waals surface area contributed by atoms with Crippen molar-refractivity contribution in [3.05, 3.63) is 47.5 Å². The number of rotatable bonds is 3. The normalized spacial score (nSPS) is 12.5. The van der Waals surface area contributed by atoms with Gasteiger partial charge in [0.25, 0.3) is 0 Å². The highest BCUT2D eigenvalue weighted by atomic mass is 19.4. The lowest BCUT2D eigenvalue weighted by molar-refractivity contribution is -0.143. The maximum absolute atomic E-state index is 12.6. The van der Waals surface area contributed by atoms with E-state index in [4.69, 9.17) is 0 Å². The first-order chi connectivity index (χ1) is 9.66. The second kappa shape index (κ2) is 5.30. The van der Waals surface area contributed by atoms with Crippen molar-refractivity contribution in [2.75, 3.05) is 5.32 Å². The van der Waals surface area contributed by atoms with Gasteiger partial charge in [-0.15, -0.1) is 0 Å². The van der Waals surface area contributed by atoms with E-state index >= 15 is 0 Å². The predicted molar refractivity (Wildman–Crippen MR) is 62.4 cm³/mol. The lowest BCUT2D eigenvalue weighted by atomic mass is 10.1. The van der Waals surface area contributed by atoms with Crippen LogP contribution in [0.2, 0.25) is 0 Å². The first kappa shape index (κ1) is 15.2. The van der Waals surface area contributed by atoms with E-state index in [1.54, 1.807) is 0 Å². The molecule has 0 saturated carbocycles. The fraction of sp³-hybridized carbons (Fsp3) is 0.250. The molecular weight excluding hydrogens is 300 g/mol. The van der Waals surface area contributed by atoms with Gasteiger partial charge in [-0.3, -0.25) is 0 Å². The third-order valence-electron chi connectivity index (χ3n) is 2.62. The summed E-state index contributed by atoms with van der Waals surface area (Å²) in [7, 11) is 0. The van der Waals surface area contributed by atoms with E-state index in [2.05, 4.69) is 15.3 Å². The molecule has 0 saturated heterocycles. The van der Waals surface area contributed by atoms with Crippen LogP contribution in [-0.2, 0) is 18.9 Å². The van der Waals surface area contributed by atoms with Crippen LogP contribution in [0.5, 0.6) is 0 Å². The molecule has 0 aliphatic carbocycles. The Bertz CT molecular complexity index is 568. The standard InChI is InChI=1S/C12H9F6N3/c13-11(14,15)7-1-8(12(16,17)18)3-9(2-7)20-5-10-4-19-6-21-10/h1-4,6,20H,5H2,(H,19,21). The van der Waals surface area contributed by atoms with Crippen LogP contribution in [0.3, 0.4) is 0 Å². The topological polar surface area (TPSA) is 40.7 Å². The number of nitrogens with one attached hydrogen (secondary N) is 2. The molecule has 3 nitrogen and oxygen atoms in total. The number of hydrogen-bond acceptors (Lipinski definition) is 2. The molecule has 114 valence electrons. The van der Waals surface area contributed by atoms with Gasteiger partial charge in [0.05, 0.1) is 29.7 Å². The Morgan fingerprint density at radius 3 is 1.95 bits per heavy atom. The van der Waals surface area contributed by atoms with E-state index in [1.165, 1.54) is 12.5 Å². The number of imidazole rings is 1. The number of anilines is 1. The SMILES string of the molecule is FC(F)(F)c1cc(NCc2c[nH]cn2)cc(C(F)(F)F)c1. The van der Waals surface area contributed by atoms with Crippen molar-refractivity contribution < 1.29 is 26.3 Å². The van der Waals surface area contributed by atoms with Gasteiger partial charge < -0.3 is 10.3 Å². The molecule has 0 fully saturated rings. The molecule has 0 atom stereocenters. The Balaban J connectivity index is 2.31. The van der Waals surface area contributed by atoms with Gasteiger partial charge in [0.1, 0.15) is 0 Å². The molecule has 0 bridgehead atoms. The number of H-pyrrole nitrogens is 1. The Morgan fingerprint density at radius 1 is 0.952 bits per heavy atom. The van der Waals surface area contributed by atoms with Crippen LogP contribution in [0.25, 0.3) is 0 Å². The minimum Gasteiger partial charge on any atom is -0.379 e. The number of aromatic amines is 1.